The number of ether oxygens (including phenoxy) is 1. The maximum Gasteiger partial charge on any atom is 0.243 e. The number of rotatable bonds is 9. The molecular formula is C26H30N2O4S. The predicted molar refractivity (Wildman–Crippen MR) is 130 cm³/mol. The number of carbonyl (C=O) groups is 1. The van der Waals surface area contributed by atoms with Crippen molar-refractivity contribution in [2.24, 2.45) is 0 Å². The summed E-state index contributed by atoms with van der Waals surface area (Å²) in [5, 5.41) is 2.91. The quantitative estimate of drug-likeness (QED) is 0.508. The van der Waals surface area contributed by atoms with Gasteiger partial charge in [-0.3, -0.25) is 4.79 Å². The zero-order chi connectivity index (χ0) is 24.0. The second-order valence-corrected chi connectivity index (χ2v) is 10.1. The van der Waals surface area contributed by atoms with Gasteiger partial charge in [0, 0.05) is 6.54 Å². The number of carbonyl (C=O) groups excluding carboxylic acids is 1. The summed E-state index contributed by atoms with van der Waals surface area (Å²) in [5.41, 5.74) is 3.71. The first-order valence-corrected chi connectivity index (χ1v) is 12.2. The number of nitrogens with zero attached hydrogens (tertiary/aromatic N) is 1. The molecule has 1 amide bonds. The van der Waals surface area contributed by atoms with Crippen molar-refractivity contribution < 1.29 is 17.9 Å². The van der Waals surface area contributed by atoms with Crippen molar-refractivity contribution >= 4 is 15.9 Å². The Morgan fingerprint density at radius 3 is 2.24 bits per heavy atom. The molecule has 6 nitrogen and oxygen atoms in total. The number of sulfonamides is 1. The van der Waals surface area contributed by atoms with Crippen molar-refractivity contribution in [3.8, 4) is 5.75 Å². The molecule has 3 rings (SSSR count). The first kappa shape index (κ1) is 24.5. The fourth-order valence-corrected chi connectivity index (χ4v) is 4.91. The highest BCUT2D eigenvalue weighted by Crippen LogP contribution is 2.21. The average molecular weight is 467 g/mol. The van der Waals surface area contributed by atoms with Crippen LogP contribution in [0, 0.1) is 13.8 Å². The normalized spacial score (nSPS) is 12.4. The fourth-order valence-electron chi connectivity index (χ4n) is 3.52. The molecule has 0 aliphatic rings. The summed E-state index contributed by atoms with van der Waals surface area (Å²) in [6.45, 7) is 5.52. The molecule has 0 fully saturated rings. The van der Waals surface area contributed by atoms with Crippen molar-refractivity contribution in [3.63, 3.8) is 0 Å². The lowest BCUT2D eigenvalue weighted by Crippen LogP contribution is -2.41. The van der Waals surface area contributed by atoms with E-state index in [1.807, 2.05) is 69.3 Å². The van der Waals surface area contributed by atoms with Crippen LogP contribution in [0.2, 0.25) is 0 Å². The van der Waals surface area contributed by atoms with Gasteiger partial charge in [0.25, 0.3) is 0 Å². The molecule has 0 aromatic heterocycles. The highest BCUT2D eigenvalue weighted by molar-refractivity contribution is 7.89. The number of benzene rings is 3. The molecule has 7 heteroatoms. The molecule has 1 N–H and O–H groups in total. The maximum atomic E-state index is 13.4. The van der Waals surface area contributed by atoms with Gasteiger partial charge in [0.2, 0.25) is 15.9 Å². The Morgan fingerprint density at radius 1 is 0.970 bits per heavy atom. The van der Waals surface area contributed by atoms with Crippen LogP contribution in [-0.4, -0.2) is 32.3 Å². The van der Waals surface area contributed by atoms with E-state index in [2.05, 4.69) is 5.32 Å². The van der Waals surface area contributed by atoms with Crippen LogP contribution >= 0.6 is 0 Å². The number of methoxy groups -OCH3 is 1. The molecule has 0 radical (unpaired) electrons. The number of hydrogen-bond donors (Lipinski definition) is 1. The van der Waals surface area contributed by atoms with Gasteiger partial charge < -0.3 is 10.1 Å². The summed E-state index contributed by atoms with van der Waals surface area (Å²) in [6.07, 6.45) is 0. The van der Waals surface area contributed by atoms with Gasteiger partial charge in [-0.2, -0.15) is 4.31 Å². The number of amides is 1. The third kappa shape index (κ3) is 6.43. The molecule has 1 atom stereocenters. The Balaban J connectivity index is 1.82. The van der Waals surface area contributed by atoms with E-state index in [1.54, 1.807) is 31.4 Å². The average Bonchev–Trinajstić information content (AvgIpc) is 2.79. The lowest BCUT2D eigenvalue weighted by Gasteiger charge is -2.23. The van der Waals surface area contributed by atoms with Crippen LogP contribution in [0.4, 0.5) is 0 Å². The molecule has 174 valence electrons. The second-order valence-electron chi connectivity index (χ2n) is 8.14. The van der Waals surface area contributed by atoms with E-state index >= 15 is 0 Å². The Kier molecular flexibility index (Phi) is 7.89. The predicted octanol–water partition coefficient (Wildman–Crippen LogP) is 4.38. The molecule has 0 spiro atoms. The zero-order valence-corrected chi connectivity index (χ0v) is 20.2. The van der Waals surface area contributed by atoms with Gasteiger partial charge in [0.1, 0.15) is 5.75 Å². The van der Waals surface area contributed by atoms with Gasteiger partial charge >= 0.3 is 0 Å². The van der Waals surface area contributed by atoms with Crippen LogP contribution in [0.1, 0.15) is 35.2 Å². The van der Waals surface area contributed by atoms with E-state index < -0.39 is 10.0 Å². The molecule has 0 aliphatic carbocycles. The Bertz CT molecular complexity index is 1190. The smallest absolute Gasteiger partial charge is 0.243 e. The lowest BCUT2D eigenvalue weighted by molar-refractivity contribution is -0.122. The molecule has 3 aromatic carbocycles. The minimum absolute atomic E-state index is 0.0994. The topological polar surface area (TPSA) is 75.7 Å². The van der Waals surface area contributed by atoms with Crippen LogP contribution in [0.5, 0.6) is 5.75 Å². The van der Waals surface area contributed by atoms with Crippen LogP contribution < -0.4 is 10.1 Å². The largest absolute Gasteiger partial charge is 0.497 e. The van der Waals surface area contributed by atoms with E-state index in [4.69, 9.17) is 4.74 Å². The Hall–Kier alpha value is -3.16. The lowest BCUT2D eigenvalue weighted by atomic mass is 10.1. The van der Waals surface area contributed by atoms with Crippen LogP contribution in [-0.2, 0) is 21.4 Å². The SMILES string of the molecule is COc1ccc([C@@H](C)NC(=O)CN(Cc2cccc(C)c2)S(=O)(=O)c2ccc(C)cc2)cc1. The van der Waals surface area contributed by atoms with Gasteiger partial charge in [-0.25, -0.2) is 8.42 Å². The molecule has 0 saturated carbocycles. The van der Waals surface area contributed by atoms with E-state index in [0.29, 0.717) is 0 Å². The van der Waals surface area contributed by atoms with E-state index in [0.717, 1.165) is 28.0 Å². The van der Waals surface area contributed by atoms with Gasteiger partial charge in [0.15, 0.2) is 0 Å². The minimum atomic E-state index is -3.88. The first-order valence-electron chi connectivity index (χ1n) is 10.7. The molecule has 0 heterocycles. The third-order valence-corrected chi connectivity index (χ3v) is 7.22. The summed E-state index contributed by atoms with van der Waals surface area (Å²) in [5.74, 6) is 0.354. The summed E-state index contributed by atoms with van der Waals surface area (Å²) in [4.78, 5) is 13.1. The third-order valence-electron chi connectivity index (χ3n) is 5.41. The minimum Gasteiger partial charge on any atom is -0.497 e. The zero-order valence-electron chi connectivity index (χ0n) is 19.4. The molecule has 0 saturated heterocycles. The van der Waals surface area contributed by atoms with Crippen molar-refractivity contribution in [3.05, 3.63) is 95.1 Å². The summed E-state index contributed by atoms with van der Waals surface area (Å²) >= 11 is 0. The molecule has 3 aromatic rings. The maximum absolute atomic E-state index is 13.4. The molecular weight excluding hydrogens is 436 g/mol. The molecule has 0 unspecified atom stereocenters. The highest BCUT2D eigenvalue weighted by Gasteiger charge is 2.27. The van der Waals surface area contributed by atoms with Crippen LogP contribution in [0.3, 0.4) is 0 Å². The van der Waals surface area contributed by atoms with Crippen molar-refractivity contribution in [1.29, 1.82) is 0 Å². The van der Waals surface area contributed by atoms with Crippen LogP contribution in [0.15, 0.2) is 77.7 Å². The number of aryl methyl sites for hydroxylation is 2. The van der Waals surface area contributed by atoms with E-state index in [1.165, 1.54) is 4.31 Å². The summed E-state index contributed by atoms with van der Waals surface area (Å²) in [6, 6.07) is 21.4. The summed E-state index contributed by atoms with van der Waals surface area (Å²) in [7, 11) is -2.28. The van der Waals surface area contributed by atoms with E-state index in [9.17, 15) is 13.2 Å². The van der Waals surface area contributed by atoms with E-state index in [-0.39, 0.29) is 29.9 Å². The van der Waals surface area contributed by atoms with Gasteiger partial charge in [-0.05, 0) is 56.2 Å². The van der Waals surface area contributed by atoms with Gasteiger partial charge in [-0.15, -0.1) is 0 Å². The first-order chi connectivity index (χ1) is 15.7. The van der Waals surface area contributed by atoms with Crippen LogP contribution in [0.25, 0.3) is 0 Å². The number of nitrogens with one attached hydrogen (secondary N) is 1. The Labute approximate surface area is 196 Å². The van der Waals surface area contributed by atoms with Gasteiger partial charge in [-0.1, -0.05) is 59.7 Å². The monoisotopic (exact) mass is 466 g/mol. The molecule has 0 bridgehead atoms. The standard InChI is InChI=1S/C26H30N2O4S/c1-19-8-14-25(15-9-19)33(30,31)28(17-22-7-5-6-20(2)16-22)18-26(29)27-21(3)23-10-12-24(32-4)13-11-23/h5-16,21H,17-18H2,1-4H3,(H,27,29)/t21-/m1/s1. The molecule has 33 heavy (non-hydrogen) atoms. The molecule has 0 aliphatic heterocycles. The second kappa shape index (κ2) is 10.6. The van der Waals surface area contributed by atoms with Crippen molar-refractivity contribution in [2.45, 2.75) is 38.3 Å². The summed E-state index contributed by atoms with van der Waals surface area (Å²) < 4.78 is 33.3. The fraction of sp³-hybridized carbons (Fsp3) is 0.269. The Morgan fingerprint density at radius 2 is 1.64 bits per heavy atom. The van der Waals surface area contributed by atoms with Gasteiger partial charge in [0.05, 0.1) is 24.6 Å². The van der Waals surface area contributed by atoms with Crippen molar-refractivity contribution in [1.82, 2.24) is 9.62 Å². The highest BCUT2D eigenvalue weighted by atomic mass is 32.2. The number of hydrogen-bond acceptors (Lipinski definition) is 4. The van der Waals surface area contributed by atoms with Crippen molar-refractivity contribution in [2.75, 3.05) is 13.7 Å².